The molecule has 1 heteroatoms. The lowest BCUT2D eigenvalue weighted by Crippen LogP contribution is -2.26. The standard InChI is InChI=1S/C16H23O/c1-3-15(12-14-8-5-4-6-9-14)13(2)16-10-7-11-17-16/h4-6,8-9,13,15-16H,1,3,7,10-12H2,2H3. The van der Waals surface area contributed by atoms with Crippen molar-refractivity contribution in [2.75, 3.05) is 6.61 Å². The molecule has 0 saturated carbocycles. The van der Waals surface area contributed by atoms with Crippen molar-refractivity contribution < 1.29 is 4.74 Å². The SMILES string of the molecule is [CH2]CC(Cc1ccccc1)C(C)C1CCCO1. The zero-order chi connectivity index (χ0) is 12.1. The summed E-state index contributed by atoms with van der Waals surface area (Å²) in [5, 5.41) is 0. The summed E-state index contributed by atoms with van der Waals surface area (Å²) in [6.45, 7) is 7.40. The highest BCUT2D eigenvalue weighted by atomic mass is 16.5. The summed E-state index contributed by atoms with van der Waals surface area (Å²) in [6.07, 6.45) is 5.04. The van der Waals surface area contributed by atoms with Crippen LogP contribution in [0.2, 0.25) is 0 Å². The summed E-state index contributed by atoms with van der Waals surface area (Å²) in [7, 11) is 0. The Labute approximate surface area is 105 Å². The van der Waals surface area contributed by atoms with Crippen LogP contribution in [0.5, 0.6) is 0 Å². The van der Waals surface area contributed by atoms with Crippen LogP contribution < -0.4 is 0 Å². The van der Waals surface area contributed by atoms with Gasteiger partial charge in [-0.05, 0) is 43.1 Å². The van der Waals surface area contributed by atoms with Crippen LogP contribution in [0.3, 0.4) is 0 Å². The van der Waals surface area contributed by atoms with Crippen molar-refractivity contribution in [3.8, 4) is 0 Å². The highest BCUT2D eigenvalue weighted by Gasteiger charge is 2.27. The van der Waals surface area contributed by atoms with Crippen LogP contribution in [0.15, 0.2) is 30.3 Å². The normalized spacial score (nSPS) is 23.5. The third-order valence-corrected chi connectivity index (χ3v) is 4.01. The Morgan fingerprint density at radius 2 is 2.12 bits per heavy atom. The molecule has 1 radical (unpaired) electrons. The summed E-state index contributed by atoms with van der Waals surface area (Å²) < 4.78 is 5.81. The van der Waals surface area contributed by atoms with E-state index >= 15 is 0 Å². The van der Waals surface area contributed by atoms with E-state index in [0.29, 0.717) is 17.9 Å². The Kier molecular flexibility index (Phi) is 4.61. The summed E-state index contributed by atoms with van der Waals surface area (Å²) in [5.74, 6) is 1.26. The fourth-order valence-corrected chi connectivity index (χ4v) is 2.79. The first kappa shape index (κ1) is 12.6. The van der Waals surface area contributed by atoms with Crippen LogP contribution in [0.4, 0.5) is 0 Å². The molecule has 1 aliphatic heterocycles. The first-order valence-electron chi connectivity index (χ1n) is 6.76. The molecule has 17 heavy (non-hydrogen) atoms. The topological polar surface area (TPSA) is 9.23 Å². The van der Waals surface area contributed by atoms with E-state index in [2.05, 4.69) is 44.2 Å². The van der Waals surface area contributed by atoms with Gasteiger partial charge in [0.05, 0.1) is 6.10 Å². The van der Waals surface area contributed by atoms with Crippen LogP contribution in [0.25, 0.3) is 0 Å². The highest BCUT2D eigenvalue weighted by molar-refractivity contribution is 5.15. The van der Waals surface area contributed by atoms with E-state index in [1.807, 2.05) is 0 Å². The van der Waals surface area contributed by atoms with Gasteiger partial charge in [0.2, 0.25) is 0 Å². The monoisotopic (exact) mass is 231 g/mol. The zero-order valence-electron chi connectivity index (χ0n) is 10.8. The van der Waals surface area contributed by atoms with Gasteiger partial charge in [-0.25, -0.2) is 0 Å². The summed E-state index contributed by atoms with van der Waals surface area (Å²) in [6, 6.07) is 10.7. The van der Waals surface area contributed by atoms with Crippen molar-refractivity contribution in [1.29, 1.82) is 0 Å². The molecule has 1 fully saturated rings. The van der Waals surface area contributed by atoms with Gasteiger partial charge in [0, 0.05) is 6.61 Å². The Bertz CT molecular complexity index is 314. The molecule has 3 unspecified atom stereocenters. The number of hydrogen-bond donors (Lipinski definition) is 0. The van der Waals surface area contributed by atoms with Gasteiger partial charge in [-0.2, -0.15) is 0 Å². The fraction of sp³-hybridized carbons (Fsp3) is 0.562. The second kappa shape index (κ2) is 6.20. The number of ether oxygens (including phenoxy) is 1. The lowest BCUT2D eigenvalue weighted by molar-refractivity contribution is 0.0459. The van der Waals surface area contributed by atoms with Crippen LogP contribution in [0.1, 0.15) is 31.7 Å². The van der Waals surface area contributed by atoms with E-state index in [1.165, 1.54) is 18.4 Å². The van der Waals surface area contributed by atoms with Crippen LogP contribution in [-0.2, 0) is 11.2 Å². The van der Waals surface area contributed by atoms with E-state index in [0.717, 1.165) is 19.4 Å². The third kappa shape index (κ3) is 3.32. The van der Waals surface area contributed by atoms with E-state index in [9.17, 15) is 0 Å². The molecule has 1 aromatic rings. The van der Waals surface area contributed by atoms with Crippen LogP contribution in [-0.4, -0.2) is 12.7 Å². The summed E-state index contributed by atoms with van der Waals surface area (Å²) >= 11 is 0. The molecule has 3 atom stereocenters. The molecule has 1 aromatic carbocycles. The fourth-order valence-electron chi connectivity index (χ4n) is 2.79. The zero-order valence-corrected chi connectivity index (χ0v) is 10.8. The first-order valence-corrected chi connectivity index (χ1v) is 6.76. The van der Waals surface area contributed by atoms with Crippen molar-refractivity contribution in [2.24, 2.45) is 11.8 Å². The molecule has 93 valence electrons. The van der Waals surface area contributed by atoms with Gasteiger partial charge in [-0.3, -0.25) is 0 Å². The molecule has 1 saturated heterocycles. The Morgan fingerprint density at radius 3 is 2.71 bits per heavy atom. The van der Waals surface area contributed by atoms with Crippen molar-refractivity contribution in [2.45, 2.75) is 38.7 Å². The maximum absolute atomic E-state index is 5.81. The smallest absolute Gasteiger partial charge is 0.0604 e. The summed E-state index contributed by atoms with van der Waals surface area (Å²) in [5.41, 5.74) is 1.42. The number of hydrogen-bond acceptors (Lipinski definition) is 1. The molecule has 0 spiro atoms. The second-order valence-electron chi connectivity index (χ2n) is 5.15. The largest absolute Gasteiger partial charge is 0.378 e. The van der Waals surface area contributed by atoms with Crippen molar-refractivity contribution in [1.82, 2.24) is 0 Å². The molecule has 2 rings (SSSR count). The molecule has 0 aromatic heterocycles. The Balaban J connectivity index is 1.96. The minimum atomic E-state index is 0.463. The Hall–Kier alpha value is -0.820. The van der Waals surface area contributed by atoms with Crippen molar-refractivity contribution in [3.63, 3.8) is 0 Å². The molecule has 1 aliphatic rings. The van der Waals surface area contributed by atoms with Crippen molar-refractivity contribution in [3.05, 3.63) is 42.8 Å². The average molecular weight is 231 g/mol. The maximum Gasteiger partial charge on any atom is 0.0604 e. The second-order valence-corrected chi connectivity index (χ2v) is 5.15. The molecular weight excluding hydrogens is 208 g/mol. The minimum absolute atomic E-state index is 0.463. The lowest BCUT2D eigenvalue weighted by atomic mass is 9.82. The van der Waals surface area contributed by atoms with Crippen molar-refractivity contribution >= 4 is 0 Å². The first-order chi connectivity index (χ1) is 8.31. The van der Waals surface area contributed by atoms with E-state index in [1.54, 1.807) is 0 Å². The van der Waals surface area contributed by atoms with Gasteiger partial charge >= 0.3 is 0 Å². The van der Waals surface area contributed by atoms with Crippen LogP contribution >= 0.6 is 0 Å². The predicted octanol–water partition coefficient (Wildman–Crippen LogP) is 3.88. The molecular formula is C16H23O. The van der Waals surface area contributed by atoms with Gasteiger partial charge in [0.25, 0.3) is 0 Å². The maximum atomic E-state index is 5.81. The number of benzene rings is 1. The third-order valence-electron chi connectivity index (χ3n) is 4.01. The quantitative estimate of drug-likeness (QED) is 0.747. The number of rotatable bonds is 5. The van der Waals surface area contributed by atoms with Crippen LogP contribution in [0, 0.1) is 18.8 Å². The molecule has 0 bridgehead atoms. The Morgan fingerprint density at radius 1 is 1.35 bits per heavy atom. The molecule has 1 nitrogen and oxygen atoms in total. The van der Waals surface area contributed by atoms with Gasteiger partial charge < -0.3 is 4.74 Å². The predicted molar refractivity (Wildman–Crippen MR) is 71.7 cm³/mol. The van der Waals surface area contributed by atoms with Gasteiger partial charge in [-0.15, -0.1) is 0 Å². The van der Waals surface area contributed by atoms with Gasteiger partial charge in [-0.1, -0.05) is 44.2 Å². The van der Waals surface area contributed by atoms with Gasteiger partial charge in [0.15, 0.2) is 0 Å². The summed E-state index contributed by atoms with van der Waals surface area (Å²) in [4.78, 5) is 0. The van der Waals surface area contributed by atoms with Gasteiger partial charge in [0.1, 0.15) is 0 Å². The highest BCUT2D eigenvalue weighted by Crippen LogP contribution is 2.30. The van der Waals surface area contributed by atoms with E-state index < -0.39 is 0 Å². The molecule has 0 amide bonds. The van der Waals surface area contributed by atoms with E-state index in [4.69, 9.17) is 4.74 Å². The molecule has 0 N–H and O–H groups in total. The lowest BCUT2D eigenvalue weighted by Gasteiger charge is -2.27. The minimum Gasteiger partial charge on any atom is -0.378 e. The molecule has 1 heterocycles. The molecule has 0 aliphatic carbocycles. The van der Waals surface area contributed by atoms with E-state index in [-0.39, 0.29) is 0 Å². The average Bonchev–Trinajstić information content (AvgIpc) is 2.90.